The second-order valence-corrected chi connectivity index (χ2v) is 32.2. The molecular formula is C78H152O17P2. The monoisotopic (exact) mass is 1420 g/mol. The molecule has 0 aromatic heterocycles. The number of ether oxygens (including phenoxy) is 4. The lowest BCUT2D eigenvalue weighted by atomic mass is 9.99. The van der Waals surface area contributed by atoms with Gasteiger partial charge in [-0.1, -0.05) is 350 Å². The average Bonchev–Trinajstić information content (AvgIpc) is 1.82. The highest BCUT2D eigenvalue weighted by atomic mass is 31.2. The zero-order chi connectivity index (χ0) is 71.6. The Morgan fingerprint density at radius 3 is 0.784 bits per heavy atom. The van der Waals surface area contributed by atoms with Crippen molar-refractivity contribution < 1.29 is 80.2 Å². The van der Waals surface area contributed by atoms with Crippen LogP contribution < -0.4 is 0 Å². The standard InChI is InChI=1S/C78H152O17P2/c1-8-10-11-12-13-38-45-52-59-75(80)88-65-73(94-78(83)62-55-48-41-34-28-22-21-24-30-36-43-50-57-70(5)6)67-92-96(84,85)90-63-72(79)64-91-97(86,87)93-68-74(66-89-76(81)60-53-46-39-32-26-20-16-17-23-29-35-42-49-56-69(3)4)95-77(82)61-54-47-40-33-27-19-15-14-18-25-31-37-44-51-58-71(7)9-2/h69-74,79H,8-68H2,1-7H3,(H,84,85)(H,86,87)/t71?,72-,73+,74+/m0/s1. The van der Waals surface area contributed by atoms with Crippen LogP contribution >= 0.6 is 15.6 Å². The number of esters is 4. The normalized spacial score (nSPS) is 14.3. The molecule has 3 unspecified atom stereocenters. The molecule has 0 bridgehead atoms. The lowest BCUT2D eigenvalue weighted by Crippen LogP contribution is -2.30. The number of phosphoric acid groups is 2. The zero-order valence-electron chi connectivity index (χ0n) is 63.5. The van der Waals surface area contributed by atoms with Gasteiger partial charge in [0, 0.05) is 25.7 Å². The predicted molar refractivity (Wildman–Crippen MR) is 395 cm³/mol. The minimum atomic E-state index is -4.96. The molecule has 0 aliphatic carbocycles. The quantitative estimate of drug-likeness (QED) is 0.0222. The molecule has 0 aliphatic heterocycles. The van der Waals surface area contributed by atoms with Crippen molar-refractivity contribution in [1.82, 2.24) is 0 Å². The van der Waals surface area contributed by atoms with E-state index in [0.717, 1.165) is 114 Å². The van der Waals surface area contributed by atoms with Gasteiger partial charge in [-0.2, -0.15) is 0 Å². The Kier molecular flexibility index (Phi) is 67.1. The first-order chi connectivity index (χ1) is 46.8. The molecular weight excluding hydrogens is 1270 g/mol. The van der Waals surface area contributed by atoms with E-state index in [0.29, 0.717) is 25.7 Å². The number of aliphatic hydroxyl groups excluding tert-OH is 1. The molecule has 19 heteroatoms. The molecule has 6 atom stereocenters. The van der Waals surface area contributed by atoms with Gasteiger partial charge in [0.2, 0.25) is 0 Å². The number of carbonyl (C=O) groups excluding carboxylic acids is 4. The summed E-state index contributed by atoms with van der Waals surface area (Å²) in [5, 5.41) is 10.6. The molecule has 0 radical (unpaired) electrons. The van der Waals surface area contributed by atoms with Crippen LogP contribution in [-0.2, 0) is 65.4 Å². The summed E-state index contributed by atoms with van der Waals surface area (Å²) in [5.41, 5.74) is 0. The maximum atomic E-state index is 13.1. The number of carbonyl (C=O) groups is 4. The van der Waals surface area contributed by atoms with E-state index in [-0.39, 0.29) is 25.7 Å². The van der Waals surface area contributed by atoms with Crippen molar-refractivity contribution in [3.63, 3.8) is 0 Å². The molecule has 576 valence electrons. The van der Waals surface area contributed by atoms with Crippen LogP contribution in [0.4, 0.5) is 0 Å². The lowest BCUT2D eigenvalue weighted by Gasteiger charge is -2.21. The topological polar surface area (TPSA) is 237 Å². The number of phosphoric ester groups is 2. The summed E-state index contributed by atoms with van der Waals surface area (Å²) < 4.78 is 68.6. The molecule has 0 aliphatic rings. The lowest BCUT2D eigenvalue weighted by molar-refractivity contribution is -0.161. The van der Waals surface area contributed by atoms with E-state index in [9.17, 15) is 43.2 Å². The van der Waals surface area contributed by atoms with Crippen molar-refractivity contribution >= 4 is 39.5 Å². The van der Waals surface area contributed by atoms with Gasteiger partial charge in [0.1, 0.15) is 19.3 Å². The fourth-order valence-corrected chi connectivity index (χ4v) is 13.5. The molecule has 0 aromatic rings. The molecule has 3 N–H and O–H groups in total. The zero-order valence-corrected chi connectivity index (χ0v) is 65.3. The van der Waals surface area contributed by atoms with Crippen LogP contribution in [0.2, 0.25) is 0 Å². The fourth-order valence-electron chi connectivity index (χ4n) is 11.9. The molecule has 0 saturated carbocycles. The Bertz CT molecular complexity index is 1890. The van der Waals surface area contributed by atoms with Gasteiger partial charge in [0.15, 0.2) is 12.2 Å². The Labute approximate surface area is 594 Å². The third kappa shape index (κ3) is 70.9. The van der Waals surface area contributed by atoms with Crippen LogP contribution in [0.25, 0.3) is 0 Å². The van der Waals surface area contributed by atoms with Crippen LogP contribution in [0.3, 0.4) is 0 Å². The first kappa shape index (κ1) is 95.1. The smallest absolute Gasteiger partial charge is 0.462 e. The molecule has 0 spiro atoms. The highest BCUT2D eigenvalue weighted by Crippen LogP contribution is 2.45. The van der Waals surface area contributed by atoms with Gasteiger partial charge in [0.25, 0.3) is 0 Å². The molecule has 0 saturated heterocycles. The molecule has 0 amide bonds. The maximum Gasteiger partial charge on any atom is 0.472 e. The van der Waals surface area contributed by atoms with E-state index < -0.39 is 97.5 Å². The van der Waals surface area contributed by atoms with Crippen molar-refractivity contribution in [1.29, 1.82) is 0 Å². The summed E-state index contributed by atoms with van der Waals surface area (Å²) in [5.74, 6) is 0.297. The van der Waals surface area contributed by atoms with Crippen molar-refractivity contribution in [3.8, 4) is 0 Å². The van der Waals surface area contributed by atoms with E-state index in [2.05, 4.69) is 48.5 Å². The van der Waals surface area contributed by atoms with E-state index in [1.807, 2.05) is 0 Å². The van der Waals surface area contributed by atoms with Gasteiger partial charge in [0.05, 0.1) is 26.4 Å². The minimum absolute atomic E-state index is 0.107. The summed E-state index contributed by atoms with van der Waals surface area (Å²) in [6.45, 7) is 12.0. The Morgan fingerprint density at radius 2 is 0.526 bits per heavy atom. The van der Waals surface area contributed by atoms with E-state index >= 15 is 0 Å². The number of hydrogen-bond acceptors (Lipinski definition) is 15. The third-order valence-corrected chi connectivity index (χ3v) is 20.4. The Balaban J connectivity index is 5.22. The van der Waals surface area contributed by atoms with Crippen molar-refractivity contribution in [2.24, 2.45) is 17.8 Å². The average molecular weight is 1420 g/mol. The largest absolute Gasteiger partial charge is 0.472 e. The van der Waals surface area contributed by atoms with Crippen LogP contribution in [0.15, 0.2) is 0 Å². The second-order valence-electron chi connectivity index (χ2n) is 29.3. The van der Waals surface area contributed by atoms with Gasteiger partial charge in [-0.3, -0.25) is 37.3 Å². The first-order valence-electron chi connectivity index (χ1n) is 40.4. The molecule has 0 heterocycles. The molecule has 0 rings (SSSR count). The summed E-state index contributed by atoms with van der Waals surface area (Å²) in [4.78, 5) is 72.8. The van der Waals surface area contributed by atoms with Crippen LogP contribution in [-0.4, -0.2) is 96.7 Å². The number of aliphatic hydroxyl groups is 1. The highest BCUT2D eigenvalue weighted by molar-refractivity contribution is 7.47. The summed E-state index contributed by atoms with van der Waals surface area (Å²) in [7, 11) is -9.91. The fraction of sp³-hybridized carbons (Fsp3) is 0.949. The van der Waals surface area contributed by atoms with Crippen LogP contribution in [0.1, 0.15) is 402 Å². The van der Waals surface area contributed by atoms with Crippen LogP contribution in [0, 0.1) is 17.8 Å². The summed E-state index contributed by atoms with van der Waals surface area (Å²) in [6.07, 6.45) is 55.4. The molecule has 17 nitrogen and oxygen atoms in total. The number of rotatable bonds is 76. The minimum Gasteiger partial charge on any atom is -0.462 e. The first-order valence-corrected chi connectivity index (χ1v) is 43.4. The molecule has 97 heavy (non-hydrogen) atoms. The van der Waals surface area contributed by atoms with Crippen molar-refractivity contribution in [2.75, 3.05) is 39.6 Å². The van der Waals surface area contributed by atoms with Gasteiger partial charge < -0.3 is 33.8 Å². The summed E-state index contributed by atoms with van der Waals surface area (Å²) in [6, 6.07) is 0. The van der Waals surface area contributed by atoms with Gasteiger partial charge in [-0.05, 0) is 43.4 Å². The van der Waals surface area contributed by atoms with Crippen molar-refractivity contribution in [3.05, 3.63) is 0 Å². The summed E-state index contributed by atoms with van der Waals surface area (Å²) >= 11 is 0. The highest BCUT2D eigenvalue weighted by Gasteiger charge is 2.30. The number of unbranched alkanes of at least 4 members (excludes halogenated alkanes) is 43. The SMILES string of the molecule is CCCCCCCCCCC(=O)OC[C@H](COP(=O)(O)OC[C@H](O)COP(=O)(O)OC[C@@H](COC(=O)CCCCCCCCCCCCCCCC(C)C)OC(=O)CCCCCCCCCCCCCCCCC(C)CC)OC(=O)CCCCCCCCCCCCCCC(C)C. The van der Waals surface area contributed by atoms with E-state index in [4.69, 9.17) is 37.0 Å². The predicted octanol–water partition coefficient (Wildman–Crippen LogP) is 23.0. The van der Waals surface area contributed by atoms with Gasteiger partial charge >= 0.3 is 39.5 Å². The van der Waals surface area contributed by atoms with Gasteiger partial charge in [-0.15, -0.1) is 0 Å². The van der Waals surface area contributed by atoms with Crippen LogP contribution in [0.5, 0.6) is 0 Å². The van der Waals surface area contributed by atoms with E-state index in [1.165, 1.54) is 205 Å². The Hall–Kier alpha value is -1.94. The molecule has 0 aromatic carbocycles. The van der Waals surface area contributed by atoms with Gasteiger partial charge in [-0.25, -0.2) is 9.13 Å². The molecule has 0 fully saturated rings. The van der Waals surface area contributed by atoms with Crippen molar-refractivity contribution in [2.45, 2.75) is 420 Å². The third-order valence-electron chi connectivity index (χ3n) is 18.5. The maximum absolute atomic E-state index is 13.1. The number of hydrogen-bond donors (Lipinski definition) is 3. The second kappa shape index (κ2) is 68.5. The Morgan fingerprint density at radius 1 is 0.299 bits per heavy atom. The van der Waals surface area contributed by atoms with E-state index in [1.54, 1.807) is 0 Å².